The summed E-state index contributed by atoms with van der Waals surface area (Å²) >= 11 is 0. The molecule has 0 bridgehead atoms. The molecule has 0 atom stereocenters. The summed E-state index contributed by atoms with van der Waals surface area (Å²) in [4.78, 5) is 4.40. The summed E-state index contributed by atoms with van der Waals surface area (Å²) in [5.41, 5.74) is 8.73. The fourth-order valence-electron chi connectivity index (χ4n) is 2.25. The Kier molecular flexibility index (Phi) is 4.03. The van der Waals surface area contributed by atoms with Crippen molar-refractivity contribution in [3.8, 4) is 11.5 Å². The van der Waals surface area contributed by atoms with Gasteiger partial charge < -0.3 is 21.3 Å². The van der Waals surface area contributed by atoms with E-state index in [-0.39, 0.29) is 17.2 Å². The maximum atomic E-state index is 9.53. The van der Waals surface area contributed by atoms with Gasteiger partial charge in [-0.3, -0.25) is 5.41 Å². The van der Waals surface area contributed by atoms with Crippen LogP contribution in [-0.2, 0) is 0 Å². The van der Waals surface area contributed by atoms with E-state index in [0.29, 0.717) is 28.5 Å². The van der Waals surface area contributed by atoms with Crippen LogP contribution in [0.4, 0.5) is 11.4 Å². The van der Waals surface area contributed by atoms with Gasteiger partial charge in [0.1, 0.15) is 11.5 Å². The number of benzene rings is 2. The van der Waals surface area contributed by atoms with E-state index in [4.69, 9.17) is 11.1 Å². The van der Waals surface area contributed by atoms with Crippen molar-refractivity contribution in [1.29, 1.82) is 5.41 Å². The molecule has 6 heteroatoms. The zero-order valence-electron chi connectivity index (χ0n) is 12.7. The Labute approximate surface area is 138 Å². The van der Waals surface area contributed by atoms with E-state index in [1.807, 2.05) is 0 Å². The predicted octanol–water partition coefficient (Wildman–Crippen LogP) is 3.04. The van der Waals surface area contributed by atoms with E-state index in [1.54, 1.807) is 48.5 Å². The molecule has 0 fully saturated rings. The standard InChI is InChI=1S/C18H16N4O2/c19-15-9-16(20)18(22-12-4-2-6-14(24)8-12)10-17(15)21-11-3-1-5-13(23)7-11/h1-10,19,21,23-24H,20H2. The van der Waals surface area contributed by atoms with E-state index >= 15 is 0 Å². The van der Waals surface area contributed by atoms with E-state index in [1.165, 1.54) is 12.1 Å². The van der Waals surface area contributed by atoms with Crippen LogP contribution in [0.15, 0.2) is 77.1 Å². The first-order valence-electron chi connectivity index (χ1n) is 7.23. The molecule has 2 aromatic rings. The number of nitrogens with one attached hydrogen (secondary N) is 2. The molecular weight excluding hydrogens is 304 g/mol. The van der Waals surface area contributed by atoms with Crippen LogP contribution in [0.2, 0.25) is 0 Å². The second kappa shape index (κ2) is 6.29. The van der Waals surface area contributed by atoms with E-state index in [2.05, 4.69) is 10.3 Å². The summed E-state index contributed by atoms with van der Waals surface area (Å²) in [6, 6.07) is 13.1. The summed E-state index contributed by atoms with van der Waals surface area (Å²) in [5.74, 6) is 0.247. The molecule has 1 aliphatic rings. The third kappa shape index (κ3) is 3.44. The highest BCUT2D eigenvalue weighted by Crippen LogP contribution is 2.22. The summed E-state index contributed by atoms with van der Waals surface area (Å²) in [6.07, 6.45) is 3.17. The highest BCUT2D eigenvalue weighted by atomic mass is 16.3. The molecule has 0 radical (unpaired) electrons. The third-order valence-electron chi connectivity index (χ3n) is 3.37. The molecule has 6 N–H and O–H groups in total. The van der Waals surface area contributed by atoms with Crippen molar-refractivity contribution in [2.24, 2.45) is 10.7 Å². The summed E-state index contributed by atoms with van der Waals surface area (Å²) in [5, 5.41) is 30.2. The van der Waals surface area contributed by atoms with Gasteiger partial charge in [0.05, 0.1) is 28.5 Å². The molecule has 2 aromatic carbocycles. The predicted molar refractivity (Wildman–Crippen MR) is 95.0 cm³/mol. The number of anilines is 1. The lowest BCUT2D eigenvalue weighted by atomic mass is 10.0. The van der Waals surface area contributed by atoms with Crippen LogP contribution in [0.5, 0.6) is 11.5 Å². The minimum absolute atomic E-state index is 0.116. The zero-order valence-corrected chi connectivity index (χ0v) is 12.7. The van der Waals surface area contributed by atoms with Crippen molar-refractivity contribution >= 4 is 22.8 Å². The van der Waals surface area contributed by atoms with Crippen molar-refractivity contribution in [1.82, 2.24) is 0 Å². The lowest BCUT2D eigenvalue weighted by Crippen LogP contribution is -2.21. The molecule has 0 aromatic heterocycles. The molecule has 0 unspecified atom stereocenters. The average molecular weight is 320 g/mol. The number of hydrogen-bond donors (Lipinski definition) is 5. The zero-order chi connectivity index (χ0) is 17.1. The van der Waals surface area contributed by atoms with Crippen molar-refractivity contribution in [2.45, 2.75) is 0 Å². The highest BCUT2D eigenvalue weighted by Gasteiger charge is 2.15. The van der Waals surface area contributed by atoms with E-state index in [0.717, 1.165) is 0 Å². The fraction of sp³-hybridized carbons (Fsp3) is 0. The van der Waals surface area contributed by atoms with Crippen LogP contribution >= 0.6 is 0 Å². The van der Waals surface area contributed by atoms with Crippen molar-refractivity contribution in [3.63, 3.8) is 0 Å². The minimum atomic E-state index is 0.116. The Balaban J connectivity index is 1.93. The fourth-order valence-corrected chi connectivity index (χ4v) is 2.25. The van der Waals surface area contributed by atoms with Gasteiger partial charge in [-0.1, -0.05) is 12.1 Å². The van der Waals surface area contributed by atoms with Crippen LogP contribution in [0.25, 0.3) is 0 Å². The number of rotatable bonds is 3. The first kappa shape index (κ1) is 15.4. The molecule has 6 nitrogen and oxygen atoms in total. The van der Waals surface area contributed by atoms with Crippen LogP contribution in [0, 0.1) is 5.41 Å². The number of phenolic OH excluding ortho intramolecular Hbond substituents is 2. The molecule has 0 saturated heterocycles. The van der Waals surface area contributed by atoms with Gasteiger partial charge in [-0.15, -0.1) is 0 Å². The third-order valence-corrected chi connectivity index (χ3v) is 3.37. The monoisotopic (exact) mass is 320 g/mol. The Morgan fingerprint density at radius 1 is 0.958 bits per heavy atom. The quantitative estimate of drug-likeness (QED) is 0.559. The van der Waals surface area contributed by atoms with Gasteiger partial charge in [0, 0.05) is 17.8 Å². The van der Waals surface area contributed by atoms with E-state index in [9.17, 15) is 10.2 Å². The van der Waals surface area contributed by atoms with Crippen LogP contribution < -0.4 is 11.1 Å². The molecular formula is C18H16N4O2. The van der Waals surface area contributed by atoms with Gasteiger partial charge in [0.2, 0.25) is 0 Å². The first-order valence-corrected chi connectivity index (χ1v) is 7.23. The van der Waals surface area contributed by atoms with Crippen molar-refractivity contribution in [3.05, 3.63) is 72.1 Å². The molecule has 1 aliphatic carbocycles. The van der Waals surface area contributed by atoms with Gasteiger partial charge in [0.15, 0.2) is 0 Å². The van der Waals surface area contributed by atoms with Gasteiger partial charge in [0.25, 0.3) is 0 Å². The Morgan fingerprint density at radius 3 is 2.38 bits per heavy atom. The lowest BCUT2D eigenvalue weighted by Gasteiger charge is -2.16. The molecule has 120 valence electrons. The Morgan fingerprint density at radius 2 is 1.67 bits per heavy atom. The second-order valence-electron chi connectivity index (χ2n) is 5.26. The van der Waals surface area contributed by atoms with Gasteiger partial charge in [-0.2, -0.15) is 0 Å². The van der Waals surface area contributed by atoms with Gasteiger partial charge >= 0.3 is 0 Å². The molecule has 0 amide bonds. The second-order valence-corrected chi connectivity index (χ2v) is 5.26. The number of nitrogens with two attached hydrogens (primary N) is 1. The smallest absolute Gasteiger partial charge is 0.117 e. The minimum Gasteiger partial charge on any atom is -0.508 e. The van der Waals surface area contributed by atoms with Crippen molar-refractivity contribution in [2.75, 3.05) is 5.32 Å². The normalized spacial score (nSPS) is 15.8. The molecule has 0 spiro atoms. The van der Waals surface area contributed by atoms with Gasteiger partial charge in [-0.05, 0) is 36.4 Å². The maximum absolute atomic E-state index is 9.53. The molecule has 0 heterocycles. The first-order chi connectivity index (χ1) is 11.5. The summed E-state index contributed by atoms with van der Waals surface area (Å²) in [7, 11) is 0. The van der Waals surface area contributed by atoms with Gasteiger partial charge in [-0.25, -0.2) is 4.99 Å². The summed E-state index contributed by atoms with van der Waals surface area (Å²) in [6.45, 7) is 0. The number of phenols is 2. The highest BCUT2D eigenvalue weighted by molar-refractivity contribution is 6.23. The number of aliphatic imine (C=N–C) groups is 1. The number of allylic oxidation sites excluding steroid dienone is 2. The topological polar surface area (TPSA) is 115 Å². The molecule has 0 aliphatic heterocycles. The molecule has 24 heavy (non-hydrogen) atoms. The number of nitrogens with zero attached hydrogens (tertiary/aromatic N) is 1. The van der Waals surface area contributed by atoms with E-state index < -0.39 is 0 Å². The number of hydrogen-bond acceptors (Lipinski definition) is 6. The summed E-state index contributed by atoms with van der Waals surface area (Å²) < 4.78 is 0. The SMILES string of the molecule is N=C1C=C(N)C(=Nc2cccc(O)c2)C=C1Nc1cccc(O)c1. The maximum Gasteiger partial charge on any atom is 0.117 e. The Bertz CT molecular complexity index is 897. The number of aromatic hydroxyl groups is 2. The van der Waals surface area contributed by atoms with Crippen molar-refractivity contribution < 1.29 is 10.2 Å². The lowest BCUT2D eigenvalue weighted by molar-refractivity contribution is 0.475. The average Bonchev–Trinajstić information content (AvgIpc) is 2.52. The van der Waals surface area contributed by atoms with Crippen LogP contribution in [0.1, 0.15) is 0 Å². The largest absolute Gasteiger partial charge is 0.508 e. The molecule has 0 saturated carbocycles. The molecule has 3 rings (SSSR count). The van der Waals surface area contributed by atoms with Crippen LogP contribution in [-0.4, -0.2) is 21.6 Å². The Hall–Kier alpha value is -3.54. The van der Waals surface area contributed by atoms with Crippen LogP contribution in [0.3, 0.4) is 0 Å².